The maximum atomic E-state index is 9.90. The number of hydrogen-bond acceptors (Lipinski definition) is 6. The summed E-state index contributed by atoms with van der Waals surface area (Å²) in [6, 6.07) is 0. The number of ether oxygens (including phenoxy) is 1. The van der Waals surface area contributed by atoms with Crippen LogP contribution in [0.5, 0.6) is 0 Å². The lowest BCUT2D eigenvalue weighted by atomic mass is 9.91. The average Bonchev–Trinajstić information content (AvgIpc) is 2.88. The van der Waals surface area contributed by atoms with Crippen molar-refractivity contribution in [1.29, 1.82) is 0 Å². The highest BCUT2D eigenvalue weighted by atomic mass is 16.5. The van der Waals surface area contributed by atoms with Crippen LogP contribution in [0.3, 0.4) is 0 Å². The van der Waals surface area contributed by atoms with Gasteiger partial charge in [0.15, 0.2) is 0 Å². The first-order valence-corrected chi connectivity index (χ1v) is 7.88. The molecule has 2 rings (SSSR count). The van der Waals surface area contributed by atoms with Crippen LogP contribution in [0.1, 0.15) is 57.9 Å². The van der Waals surface area contributed by atoms with E-state index in [2.05, 4.69) is 22.0 Å². The van der Waals surface area contributed by atoms with Gasteiger partial charge in [-0.15, -0.1) is 0 Å². The number of aliphatic hydroxyl groups excluding tert-OH is 1. The molecule has 1 N–H and O–H groups in total. The summed E-state index contributed by atoms with van der Waals surface area (Å²) in [5.74, 6) is 1.20. The van der Waals surface area contributed by atoms with Crippen molar-refractivity contribution in [3.8, 4) is 0 Å². The molecular weight excluding hydrogens is 270 g/mol. The van der Waals surface area contributed by atoms with Gasteiger partial charge in [0.1, 0.15) is 6.10 Å². The van der Waals surface area contributed by atoms with Gasteiger partial charge in [0.2, 0.25) is 11.7 Å². The molecule has 1 aromatic heterocycles. The largest absolute Gasteiger partial charge is 0.393 e. The van der Waals surface area contributed by atoms with Crippen LogP contribution in [0, 0.1) is 5.92 Å². The van der Waals surface area contributed by atoms with Crippen LogP contribution in [0.4, 0.5) is 0 Å². The third kappa shape index (κ3) is 4.02. The molecule has 0 radical (unpaired) electrons. The van der Waals surface area contributed by atoms with Crippen LogP contribution in [-0.4, -0.2) is 52.5 Å². The van der Waals surface area contributed by atoms with Gasteiger partial charge in [0.05, 0.1) is 18.6 Å². The maximum Gasteiger partial charge on any atom is 0.232 e. The quantitative estimate of drug-likeness (QED) is 0.865. The highest BCUT2D eigenvalue weighted by molar-refractivity contribution is 5.01. The van der Waals surface area contributed by atoms with Gasteiger partial charge < -0.3 is 14.4 Å². The van der Waals surface area contributed by atoms with E-state index in [0.29, 0.717) is 18.3 Å². The Morgan fingerprint density at radius 2 is 2.14 bits per heavy atom. The molecule has 0 bridgehead atoms. The van der Waals surface area contributed by atoms with Gasteiger partial charge in [0.25, 0.3) is 0 Å². The van der Waals surface area contributed by atoms with Gasteiger partial charge in [-0.2, -0.15) is 4.98 Å². The van der Waals surface area contributed by atoms with E-state index < -0.39 is 6.10 Å². The summed E-state index contributed by atoms with van der Waals surface area (Å²) in [4.78, 5) is 6.84. The van der Waals surface area contributed by atoms with Crippen LogP contribution < -0.4 is 0 Å². The lowest BCUT2D eigenvalue weighted by Gasteiger charge is -2.30. The smallest absolute Gasteiger partial charge is 0.232 e. The molecular formula is C15H27N3O3. The van der Waals surface area contributed by atoms with E-state index in [1.807, 2.05) is 13.8 Å². The second kappa shape index (κ2) is 7.33. The lowest BCUT2D eigenvalue weighted by Crippen LogP contribution is -2.39. The first-order chi connectivity index (χ1) is 10.0. The van der Waals surface area contributed by atoms with E-state index in [1.165, 1.54) is 0 Å². The predicted octanol–water partition coefficient (Wildman–Crippen LogP) is 1.97. The Morgan fingerprint density at radius 1 is 1.38 bits per heavy atom. The number of aromatic nitrogens is 2. The number of aliphatic hydroxyl groups is 1. The molecule has 0 aliphatic carbocycles. The van der Waals surface area contributed by atoms with Crippen LogP contribution in [0.25, 0.3) is 0 Å². The van der Waals surface area contributed by atoms with E-state index >= 15 is 0 Å². The molecule has 1 aliphatic rings. The molecule has 0 amide bonds. The standard InChI is InChI=1S/C15H27N3O3/c1-5-6-18-7-8-20-12(9-18)14-16-15(21-17-14)13(10(2)3)11(4)19/h10-13,19H,5-9H2,1-4H3. The Hall–Kier alpha value is -0.980. The molecule has 0 spiro atoms. The first kappa shape index (κ1) is 16.4. The van der Waals surface area contributed by atoms with Gasteiger partial charge in [-0.3, -0.25) is 4.90 Å². The fraction of sp³-hybridized carbons (Fsp3) is 0.867. The average molecular weight is 297 g/mol. The van der Waals surface area contributed by atoms with Crippen LogP contribution in [0.2, 0.25) is 0 Å². The van der Waals surface area contributed by atoms with E-state index in [4.69, 9.17) is 9.26 Å². The molecule has 120 valence electrons. The summed E-state index contributed by atoms with van der Waals surface area (Å²) in [6.45, 7) is 11.5. The SMILES string of the molecule is CCCN1CCOC(c2noc(C(C(C)C)C(C)O)n2)C1. The molecule has 6 nitrogen and oxygen atoms in total. The van der Waals surface area contributed by atoms with Crippen molar-refractivity contribution in [2.24, 2.45) is 5.92 Å². The molecule has 1 aromatic rings. The number of hydrogen-bond donors (Lipinski definition) is 1. The lowest BCUT2D eigenvalue weighted by molar-refractivity contribution is -0.0350. The molecule has 0 aromatic carbocycles. The van der Waals surface area contributed by atoms with E-state index in [-0.39, 0.29) is 17.9 Å². The Morgan fingerprint density at radius 3 is 2.76 bits per heavy atom. The van der Waals surface area contributed by atoms with E-state index in [9.17, 15) is 5.11 Å². The number of nitrogens with zero attached hydrogens (tertiary/aromatic N) is 3. The highest BCUT2D eigenvalue weighted by Crippen LogP contribution is 2.28. The Labute approximate surface area is 126 Å². The zero-order chi connectivity index (χ0) is 15.4. The first-order valence-electron chi connectivity index (χ1n) is 7.88. The van der Waals surface area contributed by atoms with Crippen molar-refractivity contribution in [2.45, 2.75) is 52.2 Å². The monoisotopic (exact) mass is 297 g/mol. The van der Waals surface area contributed by atoms with Gasteiger partial charge in [0, 0.05) is 13.1 Å². The number of rotatable bonds is 6. The fourth-order valence-corrected chi connectivity index (χ4v) is 2.94. The summed E-state index contributed by atoms with van der Waals surface area (Å²) < 4.78 is 11.1. The van der Waals surface area contributed by atoms with Crippen molar-refractivity contribution < 1.29 is 14.4 Å². The van der Waals surface area contributed by atoms with Crippen molar-refractivity contribution >= 4 is 0 Å². The molecule has 2 heterocycles. The zero-order valence-electron chi connectivity index (χ0n) is 13.5. The zero-order valence-corrected chi connectivity index (χ0v) is 13.5. The second-order valence-electron chi connectivity index (χ2n) is 6.16. The Kier molecular flexibility index (Phi) is 5.72. The summed E-state index contributed by atoms with van der Waals surface area (Å²) in [5, 5.41) is 14.0. The van der Waals surface area contributed by atoms with E-state index in [0.717, 1.165) is 26.1 Å². The Balaban J connectivity index is 2.08. The second-order valence-corrected chi connectivity index (χ2v) is 6.16. The van der Waals surface area contributed by atoms with Crippen LogP contribution in [-0.2, 0) is 4.74 Å². The normalized spacial score (nSPS) is 23.4. The van der Waals surface area contributed by atoms with Gasteiger partial charge in [-0.05, 0) is 25.8 Å². The summed E-state index contributed by atoms with van der Waals surface area (Å²) >= 11 is 0. The Bertz CT molecular complexity index is 424. The van der Waals surface area contributed by atoms with E-state index in [1.54, 1.807) is 6.92 Å². The van der Waals surface area contributed by atoms with Crippen LogP contribution >= 0.6 is 0 Å². The van der Waals surface area contributed by atoms with Crippen molar-refractivity contribution in [2.75, 3.05) is 26.2 Å². The molecule has 1 aliphatic heterocycles. The summed E-state index contributed by atoms with van der Waals surface area (Å²) in [5.41, 5.74) is 0. The number of morpholine rings is 1. The molecule has 3 atom stereocenters. The topological polar surface area (TPSA) is 71.6 Å². The van der Waals surface area contributed by atoms with Gasteiger partial charge >= 0.3 is 0 Å². The fourth-order valence-electron chi connectivity index (χ4n) is 2.94. The summed E-state index contributed by atoms with van der Waals surface area (Å²) in [7, 11) is 0. The van der Waals surface area contributed by atoms with Crippen molar-refractivity contribution in [3.63, 3.8) is 0 Å². The maximum absolute atomic E-state index is 9.90. The van der Waals surface area contributed by atoms with Crippen LogP contribution in [0.15, 0.2) is 4.52 Å². The third-order valence-corrected chi connectivity index (χ3v) is 3.96. The third-order valence-electron chi connectivity index (χ3n) is 3.96. The molecule has 3 unspecified atom stereocenters. The van der Waals surface area contributed by atoms with Gasteiger partial charge in [-0.1, -0.05) is 25.9 Å². The molecule has 1 fully saturated rings. The minimum Gasteiger partial charge on any atom is -0.393 e. The minimum atomic E-state index is -0.512. The minimum absolute atomic E-state index is 0.135. The molecule has 1 saturated heterocycles. The van der Waals surface area contributed by atoms with Crippen molar-refractivity contribution in [1.82, 2.24) is 15.0 Å². The molecule has 6 heteroatoms. The predicted molar refractivity (Wildman–Crippen MR) is 79.0 cm³/mol. The highest BCUT2D eigenvalue weighted by Gasteiger charge is 2.30. The van der Waals surface area contributed by atoms with Gasteiger partial charge in [-0.25, -0.2) is 0 Å². The summed E-state index contributed by atoms with van der Waals surface area (Å²) in [6.07, 6.45) is 0.480. The molecule has 21 heavy (non-hydrogen) atoms. The molecule has 0 saturated carbocycles. The van der Waals surface area contributed by atoms with Crippen molar-refractivity contribution in [3.05, 3.63) is 11.7 Å².